The molecule has 0 aromatic heterocycles. The Bertz CT molecular complexity index is 157. The smallest absolute Gasteiger partial charge is 0.382 e. The molecule has 0 aliphatic rings. The van der Waals surface area contributed by atoms with Crippen LogP contribution in [0.4, 0.5) is 0 Å². The van der Waals surface area contributed by atoms with Crippen molar-refractivity contribution in [3.8, 4) is 11.8 Å². The van der Waals surface area contributed by atoms with Gasteiger partial charge in [-0.15, -0.1) is 0 Å². The molecule has 0 aliphatic carbocycles. The standard InChI is InChI=1S/C4H2O4.Li/c5-3(6)1-2-4(7)8;/h(H,5,6)(H,7,8);. The fraction of sp³-hybridized carbons (Fsp3) is 0. The first-order valence-electron chi connectivity index (χ1n) is 1.61. The minimum Gasteiger partial charge on any atom is -0.472 e. The van der Waals surface area contributed by atoms with Crippen molar-refractivity contribution in [1.82, 2.24) is 0 Å². The normalized spacial score (nSPS) is 5.78. The van der Waals surface area contributed by atoms with Crippen molar-refractivity contribution < 1.29 is 19.8 Å². The number of carboxylic acids is 2. The average molecular weight is 121 g/mol. The third-order valence-electron chi connectivity index (χ3n) is 0.276. The third-order valence-corrected chi connectivity index (χ3v) is 0.276. The molecule has 4 nitrogen and oxygen atoms in total. The summed E-state index contributed by atoms with van der Waals surface area (Å²) in [4.78, 5) is 18.9. The van der Waals surface area contributed by atoms with Crippen molar-refractivity contribution in [3.05, 3.63) is 0 Å². The molecule has 0 saturated heterocycles. The molecular weight excluding hydrogens is 119 g/mol. The van der Waals surface area contributed by atoms with Crippen LogP contribution in [0.1, 0.15) is 0 Å². The van der Waals surface area contributed by atoms with Gasteiger partial charge in [-0.2, -0.15) is 0 Å². The van der Waals surface area contributed by atoms with Crippen LogP contribution in [-0.4, -0.2) is 41.0 Å². The van der Waals surface area contributed by atoms with Gasteiger partial charge in [-0.3, -0.25) is 0 Å². The van der Waals surface area contributed by atoms with Crippen LogP contribution in [0, 0.1) is 11.8 Å². The zero-order chi connectivity index (χ0) is 6.57. The molecule has 0 spiro atoms. The van der Waals surface area contributed by atoms with E-state index >= 15 is 0 Å². The van der Waals surface area contributed by atoms with Crippen molar-refractivity contribution in [2.45, 2.75) is 0 Å². The number of carboxylic acid groups (broad SMARTS) is 2. The molecular formula is C4H2LiO4. The Morgan fingerprint density at radius 2 is 1.22 bits per heavy atom. The first-order chi connectivity index (χ1) is 3.63. The molecule has 0 bridgehead atoms. The second-order valence-corrected chi connectivity index (χ2v) is 0.860. The molecule has 5 heteroatoms. The van der Waals surface area contributed by atoms with Crippen molar-refractivity contribution in [3.63, 3.8) is 0 Å². The Kier molecular flexibility index (Phi) is 6.39. The van der Waals surface area contributed by atoms with Crippen LogP contribution in [0.5, 0.6) is 0 Å². The fourth-order valence-electron chi connectivity index (χ4n) is 0.107. The van der Waals surface area contributed by atoms with Gasteiger partial charge in [0, 0.05) is 30.7 Å². The SMILES string of the molecule is O=C(O)C#CC(=O)O.[Li]. The van der Waals surface area contributed by atoms with Crippen LogP contribution in [0.25, 0.3) is 0 Å². The van der Waals surface area contributed by atoms with E-state index in [0.717, 1.165) is 0 Å². The van der Waals surface area contributed by atoms with Crippen molar-refractivity contribution in [1.29, 1.82) is 0 Å². The van der Waals surface area contributed by atoms with Crippen molar-refractivity contribution in [2.24, 2.45) is 0 Å². The maximum Gasteiger partial charge on any atom is 0.382 e. The second-order valence-electron chi connectivity index (χ2n) is 0.860. The molecule has 1 radical (unpaired) electrons. The Morgan fingerprint density at radius 3 is 1.33 bits per heavy atom. The van der Waals surface area contributed by atoms with Crippen LogP contribution in [0.15, 0.2) is 0 Å². The third kappa shape index (κ3) is 11.0. The van der Waals surface area contributed by atoms with E-state index in [1.807, 2.05) is 0 Å². The Labute approximate surface area is 63.0 Å². The van der Waals surface area contributed by atoms with Crippen molar-refractivity contribution >= 4 is 30.8 Å². The summed E-state index contributed by atoms with van der Waals surface area (Å²) in [7, 11) is 0. The van der Waals surface area contributed by atoms with E-state index in [1.165, 1.54) is 11.8 Å². The quantitative estimate of drug-likeness (QED) is 0.311. The zero-order valence-corrected chi connectivity index (χ0v) is 4.71. The van der Waals surface area contributed by atoms with Gasteiger partial charge in [-0.1, -0.05) is 0 Å². The van der Waals surface area contributed by atoms with Gasteiger partial charge in [0.25, 0.3) is 0 Å². The minimum absolute atomic E-state index is 0. The summed E-state index contributed by atoms with van der Waals surface area (Å²) in [6.07, 6.45) is 0. The monoisotopic (exact) mass is 121 g/mol. The molecule has 0 aromatic carbocycles. The number of carbonyl (C=O) groups is 2. The van der Waals surface area contributed by atoms with Crippen LogP contribution in [0.3, 0.4) is 0 Å². The van der Waals surface area contributed by atoms with Gasteiger partial charge in [0.15, 0.2) is 0 Å². The summed E-state index contributed by atoms with van der Waals surface area (Å²) in [5.41, 5.74) is 0. The van der Waals surface area contributed by atoms with Crippen LogP contribution >= 0.6 is 0 Å². The zero-order valence-electron chi connectivity index (χ0n) is 4.71. The first kappa shape index (κ1) is 11.0. The van der Waals surface area contributed by atoms with Gasteiger partial charge in [-0.05, 0) is 0 Å². The maximum absolute atomic E-state index is 9.47. The van der Waals surface area contributed by atoms with E-state index in [9.17, 15) is 9.59 Å². The minimum atomic E-state index is -1.44. The van der Waals surface area contributed by atoms with Gasteiger partial charge < -0.3 is 10.2 Å². The number of hydrogen-bond acceptors (Lipinski definition) is 2. The maximum atomic E-state index is 9.47. The molecule has 0 aromatic rings. The van der Waals surface area contributed by atoms with Gasteiger partial charge >= 0.3 is 11.9 Å². The second kappa shape index (κ2) is 5.24. The van der Waals surface area contributed by atoms with E-state index < -0.39 is 11.9 Å². The predicted octanol–water partition coefficient (Wildman–Crippen LogP) is -1.22. The van der Waals surface area contributed by atoms with Gasteiger partial charge in [-0.25, -0.2) is 9.59 Å². The average Bonchev–Trinajstić information content (AvgIpc) is 1.61. The van der Waals surface area contributed by atoms with E-state index in [-0.39, 0.29) is 18.9 Å². The molecule has 0 atom stereocenters. The van der Waals surface area contributed by atoms with Crippen molar-refractivity contribution in [2.75, 3.05) is 0 Å². The summed E-state index contributed by atoms with van der Waals surface area (Å²) in [5.74, 6) is -0.0511. The van der Waals surface area contributed by atoms with Gasteiger partial charge in [0.2, 0.25) is 0 Å². The molecule has 0 saturated carbocycles. The fourth-order valence-corrected chi connectivity index (χ4v) is 0.107. The number of rotatable bonds is 0. The summed E-state index contributed by atoms with van der Waals surface area (Å²) >= 11 is 0. The molecule has 9 heavy (non-hydrogen) atoms. The Hall–Kier alpha value is -0.903. The molecule has 0 heterocycles. The summed E-state index contributed by atoms with van der Waals surface area (Å²) in [6, 6.07) is 0. The largest absolute Gasteiger partial charge is 0.472 e. The van der Waals surface area contributed by atoms with Crippen LogP contribution in [0.2, 0.25) is 0 Å². The molecule has 0 unspecified atom stereocenters. The topological polar surface area (TPSA) is 74.6 Å². The van der Waals surface area contributed by atoms with E-state index in [1.54, 1.807) is 0 Å². The molecule has 43 valence electrons. The molecule has 2 N–H and O–H groups in total. The molecule has 0 rings (SSSR count). The number of aliphatic carboxylic acids is 2. The summed E-state index contributed by atoms with van der Waals surface area (Å²) in [5, 5.41) is 15.5. The van der Waals surface area contributed by atoms with Crippen LogP contribution < -0.4 is 0 Å². The van der Waals surface area contributed by atoms with Gasteiger partial charge in [0.1, 0.15) is 0 Å². The van der Waals surface area contributed by atoms with E-state index in [0.29, 0.717) is 0 Å². The summed E-state index contributed by atoms with van der Waals surface area (Å²) in [6.45, 7) is 0. The molecule has 0 fully saturated rings. The van der Waals surface area contributed by atoms with Crippen LogP contribution in [-0.2, 0) is 9.59 Å². The number of hydrogen-bond donors (Lipinski definition) is 2. The Balaban J connectivity index is 0. The Morgan fingerprint density at radius 1 is 1.00 bits per heavy atom. The summed E-state index contributed by atoms with van der Waals surface area (Å²) < 4.78 is 0. The molecule has 0 amide bonds. The van der Waals surface area contributed by atoms with E-state index in [4.69, 9.17) is 10.2 Å². The predicted molar refractivity (Wildman–Crippen MR) is 28.8 cm³/mol. The molecule has 0 aliphatic heterocycles. The van der Waals surface area contributed by atoms with Gasteiger partial charge in [0.05, 0.1) is 0 Å². The van der Waals surface area contributed by atoms with E-state index in [2.05, 4.69) is 0 Å². The first-order valence-corrected chi connectivity index (χ1v) is 1.61.